The molecule has 0 saturated carbocycles. The molecule has 1 N–H and O–H groups in total. The fourth-order valence-electron chi connectivity index (χ4n) is 1.57. The summed E-state index contributed by atoms with van der Waals surface area (Å²) in [6, 6.07) is 0. The van der Waals surface area contributed by atoms with Crippen molar-refractivity contribution in [2.45, 2.75) is 77.8 Å². The van der Waals surface area contributed by atoms with E-state index in [0.29, 0.717) is 18.8 Å². The molecule has 0 saturated heterocycles. The molecule has 18 heavy (non-hydrogen) atoms. The van der Waals surface area contributed by atoms with Crippen LogP contribution in [0.5, 0.6) is 0 Å². The first kappa shape index (κ1) is 17.9. The highest BCUT2D eigenvalue weighted by Gasteiger charge is 2.39. The van der Waals surface area contributed by atoms with Crippen molar-refractivity contribution in [3.8, 4) is 0 Å². The molecule has 0 aliphatic rings. The molecule has 0 aromatic rings. The standard InChI is InChI=1S/C15H32O2Si/c1-9-10-13(16)11-14(12(2)3)17-18(7,8)15(4,5)6/h9,12-14,16H,1,10-11H2,2-8H3/t13-,14+/m0/s1. The van der Waals surface area contributed by atoms with Crippen LogP contribution in [0.3, 0.4) is 0 Å². The lowest BCUT2D eigenvalue weighted by molar-refractivity contribution is 0.0620. The van der Waals surface area contributed by atoms with Crippen molar-refractivity contribution in [1.29, 1.82) is 0 Å². The van der Waals surface area contributed by atoms with Gasteiger partial charge in [-0.05, 0) is 36.9 Å². The van der Waals surface area contributed by atoms with E-state index in [0.717, 1.165) is 0 Å². The molecule has 0 rings (SSSR count). The normalized spacial score (nSPS) is 16.7. The predicted octanol–water partition coefficient (Wildman–Crippen LogP) is 4.36. The highest BCUT2D eigenvalue weighted by atomic mass is 28.4. The Morgan fingerprint density at radius 1 is 1.28 bits per heavy atom. The summed E-state index contributed by atoms with van der Waals surface area (Å²) in [4.78, 5) is 0. The van der Waals surface area contributed by atoms with Gasteiger partial charge in [-0.25, -0.2) is 0 Å². The smallest absolute Gasteiger partial charge is 0.192 e. The third-order valence-electron chi connectivity index (χ3n) is 3.94. The molecular formula is C15H32O2Si. The molecule has 0 bridgehead atoms. The summed E-state index contributed by atoms with van der Waals surface area (Å²) < 4.78 is 6.43. The van der Waals surface area contributed by atoms with Crippen molar-refractivity contribution >= 4 is 8.32 Å². The Kier molecular flexibility index (Phi) is 6.83. The van der Waals surface area contributed by atoms with Crippen molar-refractivity contribution in [3.63, 3.8) is 0 Å². The summed E-state index contributed by atoms with van der Waals surface area (Å²) >= 11 is 0. The first-order chi connectivity index (χ1) is 8.01. The Balaban J connectivity index is 4.68. The summed E-state index contributed by atoms with van der Waals surface area (Å²) in [6.07, 6.45) is 2.93. The first-order valence-electron chi connectivity index (χ1n) is 6.98. The van der Waals surface area contributed by atoms with E-state index < -0.39 is 8.32 Å². The van der Waals surface area contributed by atoms with Crippen LogP contribution in [0, 0.1) is 5.92 Å². The van der Waals surface area contributed by atoms with Gasteiger partial charge in [-0.1, -0.05) is 40.7 Å². The number of aliphatic hydroxyl groups excluding tert-OH is 1. The lowest BCUT2D eigenvalue weighted by Gasteiger charge is -2.41. The Hall–Kier alpha value is -0.123. The van der Waals surface area contributed by atoms with E-state index in [9.17, 15) is 5.11 Å². The molecule has 2 atom stereocenters. The van der Waals surface area contributed by atoms with Crippen LogP contribution in [-0.2, 0) is 4.43 Å². The lowest BCUT2D eigenvalue weighted by atomic mass is 10.00. The van der Waals surface area contributed by atoms with Crippen molar-refractivity contribution in [2.75, 3.05) is 0 Å². The van der Waals surface area contributed by atoms with E-state index in [1.165, 1.54) is 0 Å². The Bertz CT molecular complexity index is 254. The second-order valence-corrected chi connectivity index (χ2v) is 11.8. The second-order valence-electron chi connectivity index (χ2n) is 7.07. The monoisotopic (exact) mass is 272 g/mol. The van der Waals surface area contributed by atoms with Gasteiger partial charge in [0.1, 0.15) is 0 Å². The maximum absolute atomic E-state index is 9.93. The van der Waals surface area contributed by atoms with Crippen molar-refractivity contribution in [2.24, 2.45) is 5.92 Å². The average molecular weight is 273 g/mol. The van der Waals surface area contributed by atoms with Gasteiger partial charge in [0.05, 0.1) is 6.10 Å². The van der Waals surface area contributed by atoms with Crippen molar-refractivity contribution < 1.29 is 9.53 Å². The van der Waals surface area contributed by atoms with Gasteiger partial charge < -0.3 is 9.53 Å². The molecule has 108 valence electrons. The molecule has 0 heterocycles. The molecule has 0 aromatic carbocycles. The van der Waals surface area contributed by atoms with Crippen LogP contribution in [0.15, 0.2) is 12.7 Å². The third-order valence-corrected chi connectivity index (χ3v) is 8.44. The molecule has 3 heteroatoms. The lowest BCUT2D eigenvalue weighted by Crippen LogP contribution is -2.46. The second kappa shape index (κ2) is 6.87. The van der Waals surface area contributed by atoms with Gasteiger partial charge in [0.25, 0.3) is 0 Å². The maximum Gasteiger partial charge on any atom is 0.192 e. The van der Waals surface area contributed by atoms with Crippen LogP contribution < -0.4 is 0 Å². The van der Waals surface area contributed by atoms with Crippen LogP contribution in [0.2, 0.25) is 18.1 Å². The molecule has 0 unspecified atom stereocenters. The van der Waals surface area contributed by atoms with Gasteiger partial charge in [0.2, 0.25) is 0 Å². The number of aliphatic hydroxyl groups is 1. The van der Waals surface area contributed by atoms with Crippen molar-refractivity contribution in [3.05, 3.63) is 12.7 Å². The Labute approximate surface area is 115 Å². The van der Waals surface area contributed by atoms with E-state index >= 15 is 0 Å². The topological polar surface area (TPSA) is 29.5 Å². The first-order valence-corrected chi connectivity index (χ1v) is 9.89. The van der Waals surface area contributed by atoms with Crippen molar-refractivity contribution in [1.82, 2.24) is 0 Å². The predicted molar refractivity (Wildman–Crippen MR) is 82.3 cm³/mol. The summed E-state index contributed by atoms with van der Waals surface area (Å²) in [5.74, 6) is 0.429. The highest BCUT2D eigenvalue weighted by molar-refractivity contribution is 6.74. The van der Waals surface area contributed by atoms with Crippen LogP contribution in [0.25, 0.3) is 0 Å². The fourth-order valence-corrected chi connectivity index (χ4v) is 3.05. The van der Waals surface area contributed by atoms with Crippen LogP contribution >= 0.6 is 0 Å². The number of rotatable bonds is 7. The summed E-state index contributed by atoms with van der Waals surface area (Å²) in [7, 11) is -1.76. The molecule has 0 amide bonds. The minimum Gasteiger partial charge on any atom is -0.414 e. The highest BCUT2D eigenvalue weighted by Crippen LogP contribution is 2.38. The van der Waals surface area contributed by atoms with Crippen LogP contribution in [0.1, 0.15) is 47.5 Å². The molecule has 0 spiro atoms. The van der Waals surface area contributed by atoms with Gasteiger partial charge in [-0.15, -0.1) is 6.58 Å². The quantitative estimate of drug-likeness (QED) is 0.551. The molecule has 0 aliphatic carbocycles. The fraction of sp³-hybridized carbons (Fsp3) is 0.867. The SMILES string of the molecule is C=CC[C@H](O)C[C@@H](O[Si](C)(C)C(C)(C)C)C(C)C. The minimum atomic E-state index is -1.76. The molecule has 0 radical (unpaired) electrons. The summed E-state index contributed by atoms with van der Waals surface area (Å²) in [6.45, 7) is 19.3. The van der Waals surface area contributed by atoms with Gasteiger partial charge in [0, 0.05) is 6.10 Å². The molecule has 0 aliphatic heterocycles. The summed E-state index contributed by atoms with van der Waals surface area (Å²) in [5, 5.41) is 10.1. The third kappa shape index (κ3) is 5.68. The zero-order chi connectivity index (χ0) is 14.6. The molecule has 2 nitrogen and oxygen atoms in total. The molecule has 0 fully saturated rings. The Morgan fingerprint density at radius 3 is 2.11 bits per heavy atom. The van der Waals surface area contributed by atoms with Gasteiger partial charge in [-0.2, -0.15) is 0 Å². The molecule has 0 aromatic heterocycles. The zero-order valence-corrected chi connectivity index (χ0v) is 14.3. The minimum absolute atomic E-state index is 0.140. The van der Waals surface area contributed by atoms with Crippen LogP contribution in [0.4, 0.5) is 0 Å². The van der Waals surface area contributed by atoms with E-state index in [-0.39, 0.29) is 17.2 Å². The largest absolute Gasteiger partial charge is 0.414 e. The van der Waals surface area contributed by atoms with E-state index in [1.807, 2.05) is 0 Å². The number of hydrogen-bond acceptors (Lipinski definition) is 2. The van der Waals surface area contributed by atoms with Gasteiger partial charge in [0.15, 0.2) is 8.32 Å². The van der Waals surface area contributed by atoms with E-state index in [2.05, 4.69) is 54.3 Å². The van der Waals surface area contributed by atoms with E-state index in [4.69, 9.17) is 4.43 Å². The summed E-state index contributed by atoms with van der Waals surface area (Å²) in [5.41, 5.74) is 0. The van der Waals surface area contributed by atoms with Gasteiger partial charge in [-0.3, -0.25) is 0 Å². The molecular weight excluding hydrogens is 240 g/mol. The Morgan fingerprint density at radius 2 is 1.78 bits per heavy atom. The van der Waals surface area contributed by atoms with Gasteiger partial charge >= 0.3 is 0 Å². The number of hydrogen-bond donors (Lipinski definition) is 1. The van der Waals surface area contributed by atoms with E-state index in [1.54, 1.807) is 6.08 Å². The maximum atomic E-state index is 9.93. The average Bonchev–Trinajstić information content (AvgIpc) is 2.14. The van der Waals surface area contributed by atoms with Crippen LogP contribution in [-0.4, -0.2) is 25.6 Å². The zero-order valence-electron chi connectivity index (χ0n) is 13.3.